The van der Waals surface area contributed by atoms with Gasteiger partial charge in [-0.1, -0.05) is 6.42 Å². The van der Waals surface area contributed by atoms with E-state index in [1.165, 1.54) is 58.3 Å². The molecule has 106 valence electrons. The average molecular weight is 253 g/mol. The zero-order valence-corrected chi connectivity index (χ0v) is 12.5. The van der Waals surface area contributed by atoms with Crippen LogP contribution in [0.15, 0.2) is 0 Å². The molecule has 0 aliphatic carbocycles. The van der Waals surface area contributed by atoms with Crippen LogP contribution in [0.25, 0.3) is 0 Å². The maximum Gasteiger partial charge on any atom is 0.0238 e. The molecule has 2 aliphatic heterocycles. The van der Waals surface area contributed by atoms with Gasteiger partial charge in [0.2, 0.25) is 0 Å². The second kappa shape index (κ2) is 6.88. The molecule has 0 spiro atoms. The summed E-state index contributed by atoms with van der Waals surface area (Å²) >= 11 is 0. The maximum atomic E-state index is 3.32. The van der Waals surface area contributed by atoms with E-state index in [4.69, 9.17) is 0 Å². The molecule has 0 aromatic rings. The lowest BCUT2D eigenvalue weighted by Gasteiger charge is -2.40. The molecular formula is C15H31N3. The lowest BCUT2D eigenvalue weighted by atomic mass is 9.97. The van der Waals surface area contributed by atoms with Crippen molar-refractivity contribution in [2.45, 2.75) is 64.1 Å². The first-order chi connectivity index (χ1) is 8.72. The number of nitrogens with zero attached hydrogens (tertiary/aromatic N) is 2. The highest BCUT2D eigenvalue weighted by Gasteiger charge is 2.33. The van der Waals surface area contributed by atoms with Crippen molar-refractivity contribution >= 4 is 0 Å². The van der Waals surface area contributed by atoms with E-state index >= 15 is 0 Å². The summed E-state index contributed by atoms with van der Waals surface area (Å²) in [4.78, 5) is 5.48. The van der Waals surface area contributed by atoms with E-state index in [1.807, 2.05) is 0 Å². The molecule has 3 nitrogen and oxygen atoms in total. The van der Waals surface area contributed by atoms with Gasteiger partial charge in [0.15, 0.2) is 0 Å². The van der Waals surface area contributed by atoms with Crippen LogP contribution in [-0.4, -0.2) is 61.2 Å². The van der Waals surface area contributed by atoms with Gasteiger partial charge in [-0.15, -0.1) is 0 Å². The molecule has 0 bridgehead atoms. The van der Waals surface area contributed by atoms with Gasteiger partial charge in [-0.05, 0) is 59.7 Å². The number of likely N-dealkylation sites (tertiary alicyclic amines) is 2. The van der Waals surface area contributed by atoms with Crippen LogP contribution in [0.5, 0.6) is 0 Å². The topological polar surface area (TPSA) is 18.5 Å². The Labute approximate surface area is 113 Å². The Morgan fingerprint density at radius 3 is 2.67 bits per heavy atom. The fourth-order valence-corrected chi connectivity index (χ4v) is 3.63. The SMILES string of the molecule is CNCCC1CCCCN1C1CCN(C(C)C)C1. The highest BCUT2D eigenvalue weighted by Crippen LogP contribution is 2.27. The molecule has 2 unspecified atom stereocenters. The Kier molecular flexibility index (Phi) is 5.46. The van der Waals surface area contributed by atoms with E-state index in [1.54, 1.807) is 0 Å². The van der Waals surface area contributed by atoms with E-state index in [0.29, 0.717) is 0 Å². The fraction of sp³-hybridized carbons (Fsp3) is 1.00. The van der Waals surface area contributed by atoms with Crippen molar-refractivity contribution in [3.05, 3.63) is 0 Å². The van der Waals surface area contributed by atoms with Crippen LogP contribution < -0.4 is 5.32 Å². The lowest BCUT2D eigenvalue weighted by molar-refractivity contribution is 0.0890. The van der Waals surface area contributed by atoms with E-state index < -0.39 is 0 Å². The van der Waals surface area contributed by atoms with Gasteiger partial charge >= 0.3 is 0 Å². The van der Waals surface area contributed by atoms with Crippen molar-refractivity contribution < 1.29 is 0 Å². The van der Waals surface area contributed by atoms with Gasteiger partial charge < -0.3 is 5.32 Å². The number of piperidine rings is 1. The van der Waals surface area contributed by atoms with Crippen molar-refractivity contribution in [1.29, 1.82) is 0 Å². The first-order valence-electron chi connectivity index (χ1n) is 7.86. The molecule has 0 radical (unpaired) electrons. The van der Waals surface area contributed by atoms with Crippen molar-refractivity contribution in [3.63, 3.8) is 0 Å². The van der Waals surface area contributed by atoms with Crippen LogP contribution in [0.2, 0.25) is 0 Å². The molecule has 18 heavy (non-hydrogen) atoms. The van der Waals surface area contributed by atoms with Crippen LogP contribution in [-0.2, 0) is 0 Å². The van der Waals surface area contributed by atoms with E-state index in [2.05, 4.69) is 36.0 Å². The first kappa shape index (κ1) is 14.3. The summed E-state index contributed by atoms with van der Waals surface area (Å²) in [5.74, 6) is 0. The first-order valence-corrected chi connectivity index (χ1v) is 7.86. The molecule has 3 heteroatoms. The minimum atomic E-state index is 0.718. The Balaban J connectivity index is 1.88. The average Bonchev–Trinajstić information content (AvgIpc) is 2.86. The van der Waals surface area contributed by atoms with Crippen molar-refractivity contribution in [2.75, 3.05) is 33.2 Å². The molecule has 0 saturated carbocycles. The smallest absolute Gasteiger partial charge is 0.0238 e. The monoisotopic (exact) mass is 253 g/mol. The van der Waals surface area contributed by atoms with Crippen molar-refractivity contribution in [3.8, 4) is 0 Å². The van der Waals surface area contributed by atoms with Gasteiger partial charge in [0.05, 0.1) is 0 Å². The third-order valence-corrected chi connectivity index (χ3v) is 4.79. The molecule has 2 saturated heterocycles. The molecule has 0 aromatic carbocycles. The highest BCUT2D eigenvalue weighted by molar-refractivity contribution is 4.90. The number of hydrogen-bond donors (Lipinski definition) is 1. The molecule has 2 fully saturated rings. The largest absolute Gasteiger partial charge is 0.320 e. The zero-order valence-electron chi connectivity index (χ0n) is 12.5. The van der Waals surface area contributed by atoms with E-state index in [0.717, 1.165) is 18.1 Å². The van der Waals surface area contributed by atoms with Gasteiger partial charge in [0.25, 0.3) is 0 Å². The second-order valence-corrected chi connectivity index (χ2v) is 6.31. The second-order valence-electron chi connectivity index (χ2n) is 6.31. The third kappa shape index (κ3) is 3.46. The van der Waals surface area contributed by atoms with Crippen LogP contribution in [0.1, 0.15) is 46.0 Å². The molecule has 2 aliphatic rings. The lowest BCUT2D eigenvalue weighted by Crippen LogP contribution is -2.48. The molecule has 1 N–H and O–H groups in total. The molecule has 2 atom stereocenters. The number of hydrogen-bond acceptors (Lipinski definition) is 3. The van der Waals surface area contributed by atoms with Gasteiger partial charge in [0, 0.05) is 31.2 Å². The summed E-state index contributed by atoms with van der Waals surface area (Å²) in [6, 6.07) is 2.38. The Morgan fingerprint density at radius 1 is 1.17 bits per heavy atom. The predicted octanol–water partition coefficient (Wildman–Crippen LogP) is 1.93. The van der Waals surface area contributed by atoms with Crippen LogP contribution in [0.3, 0.4) is 0 Å². The fourth-order valence-electron chi connectivity index (χ4n) is 3.63. The maximum absolute atomic E-state index is 3.32. The van der Waals surface area contributed by atoms with Crippen molar-refractivity contribution in [2.24, 2.45) is 0 Å². The molecule has 2 rings (SSSR count). The summed E-state index contributed by atoms with van der Waals surface area (Å²) in [5, 5.41) is 3.32. The number of nitrogens with one attached hydrogen (secondary N) is 1. The minimum Gasteiger partial charge on any atom is -0.320 e. The van der Waals surface area contributed by atoms with Gasteiger partial charge in [-0.3, -0.25) is 9.80 Å². The minimum absolute atomic E-state index is 0.718. The molecule has 2 heterocycles. The summed E-state index contributed by atoms with van der Waals surface area (Å²) in [5.41, 5.74) is 0. The van der Waals surface area contributed by atoms with Gasteiger partial charge in [-0.25, -0.2) is 0 Å². The zero-order chi connectivity index (χ0) is 13.0. The highest BCUT2D eigenvalue weighted by atomic mass is 15.3. The van der Waals surface area contributed by atoms with Crippen LogP contribution in [0.4, 0.5) is 0 Å². The Hall–Kier alpha value is -0.120. The number of rotatable bonds is 5. The molecule has 0 aromatic heterocycles. The summed E-state index contributed by atoms with van der Waals surface area (Å²) < 4.78 is 0. The normalized spacial score (nSPS) is 31.3. The van der Waals surface area contributed by atoms with Crippen LogP contribution >= 0.6 is 0 Å². The standard InChI is InChI=1S/C15H31N3/c1-13(2)17-11-8-15(12-17)18-10-5-4-6-14(18)7-9-16-3/h13-16H,4-12H2,1-3H3. The van der Waals surface area contributed by atoms with Crippen molar-refractivity contribution in [1.82, 2.24) is 15.1 Å². The molecular weight excluding hydrogens is 222 g/mol. The summed E-state index contributed by atoms with van der Waals surface area (Å²) in [6.45, 7) is 9.77. The quantitative estimate of drug-likeness (QED) is 0.808. The van der Waals surface area contributed by atoms with E-state index in [9.17, 15) is 0 Å². The predicted molar refractivity (Wildman–Crippen MR) is 78.0 cm³/mol. The third-order valence-electron chi connectivity index (χ3n) is 4.79. The Bertz CT molecular complexity index is 242. The van der Waals surface area contributed by atoms with E-state index in [-0.39, 0.29) is 0 Å². The summed E-state index contributed by atoms with van der Waals surface area (Å²) in [6.07, 6.45) is 6.97. The van der Waals surface area contributed by atoms with Gasteiger partial charge in [-0.2, -0.15) is 0 Å². The Morgan fingerprint density at radius 2 is 2.00 bits per heavy atom. The summed E-state index contributed by atoms with van der Waals surface area (Å²) in [7, 11) is 2.07. The van der Waals surface area contributed by atoms with Crippen LogP contribution in [0, 0.1) is 0 Å². The molecule has 0 amide bonds. The van der Waals surface area contributed by atoms with Gasteiger partial charge in [0.1, 0.15) is 0 Å².